The lowest BCUT2D eigenvalue weighted by molar-refractivity contribution is -0.138. The van der Waals surface area contributed by atoms with Crippen LogP contribution >= 0.6 is 0 Å². The van der Waals surface area contributed by atoms with E-state index in [9.17, 15) is 9.59 Å². The normalized spacial score (nSPS) is 11.2. The first-order valence-corrected chi connectivity index (χ1v) is 4.77. The molecule has 0 aliphatic heterocycles. The Labute approximate surface area is 93.0 Å². The van der Waals surface area contributed by atoms with Gasteiger partial charge in [0.05, 0.1) is 13.5 Å². The molecule has 88 valence electrons. The van der Waals surface area contributed by atoms with E-state index in [2.05, 4.69) is 4.74 Å². The lowest BCUT2D eigenvalue weighted by Crippen LogP contribution is -2.20. The second-order valence-electron chi connectivity index (χ2n) is 4.11. The van der Waals surface area contributed by atoms with E-state index in [-0.39, 0.29) is 12.2 Å². The van der Waals surface area contributed by atoms with Crippen LogP contribution in [0.1, 0.15) is 36.6 Å². The molecule has 1 aromatic rings. The number of hydrogen-bond donors (Lipinski definition) is 1. The van der Waals surface area contributed by atoms with E-state index in [4.69, 9.17) is 9.52 Å². The Hall–Kier alpha value is -1.78. The van der Waals surface area contributed by atoms with Gasteiger partial charge < -0.3 is 14.3 Å². The minimum atomic E-state index is -0.916. The fourth-order valence-electron chi connectivity index (χ4n) is 1.38. The van der Waals surface area contributed by atoms with Gasteiger partial charge in [-0.05, 0) is 12.1 Å². The predicted octanol–water partition coefficient (Wildman–Crippen LogP) is 1.82. The van der Waals surface area contributed by atoms with Crippen molar-refractivity contribution < 1.29 is 23.8 Å². The molecule has 5 nitrogen and oxygen atoms in total. The second kappa shape index (κ2) is 4.38. The molecule has 1 rings (SSSR count). The Bertz CT molecular complexity index is 402. The maximum atomic E-state index is 11.1. The van der Waals surface area contributed by atoms with Crippen LogP contribution in [0.5, 0.6) is 0 Å². The largest absolute Gasteiger partial charge is 0.481 e. The van der Waals surface area contributed by atoms with Gasteiger partial charge >= 0.3 is 11.9 Å². The minimum Gasteiger partial charge on any atom is -0.481 e. The van der Waals surface area contributed by atoms with E-state index in [1.54, 1.807) is 19.9 Å². The van der Waals surface area contributed by atoms with Gasteiger partial charge in [0, 0.05) is 5.41 Å². The predicted molar refractivity (Wildman–Crippen MR) is 55.3 cm³/mol. The summed E-state index contributed by atoms with van der Waals surface area (Å²) in [5.74, 6) is -0.954. The van der Waals surface area contributed by atoms with Crippen LogP contribution in [0.3, 0.4) is 0 Å². The van der Waals surface area contributed by atoms with E-state index in [0.29, 0.717) is 5.76 Å². The Morgan fingerprint density at radius 3 is 2.56 bits per heavy atom. The Balaban J connectivity index is 2.92. The van der Waals surface area contributed by atoms with Gasteiger partial charge in [0.15, 0.2) is 0 Å². The summed E-state index contributed by atoms with van der Waals surface area (Å²) in [6, 6.07) is 3.07. The summed E-state index contributed by atoms with van der Waals surface area (Å²) < 4.78 is 9.76. The first-order valence-electron chi connectivity index (χ1n) is 4.77. The molecule has 5 heteroatoms. The van der Waals surface area contributed by atoms with Gasteiger partial charge in [0.25, 0.3) is 0 Å². The molecule has 0 saturated heterocycles. The van der Waals surface area contributed by atoms with E-state index >= 15 is 0 Å². The van der Waals surface area contributed by atoms with Crippen LogP contribution in [0.2, 0.25) is 0 Å². The zero-order valence-electron chi connectivity index (χ0n) is 9.44. The fourth-order valence-corrected chi connectivity index (χ4v) is 1.38. The van der Waals surface area contributed by atoms with Crippen molar-refractivity contribution in [1.29, 1.82) is 0 Å². The Morgan fingerprint density at radius 1 is 1.44 bits per heavy atom. The molecule has 0 aliphatic rings. The summed E-state index contributed by atoms with van der Waals surface area (Å²) in [6.45, 7) is 3.47. The smallest absolute Gasteiger partial charge is 0.373 e. The summed E-state index contributed by atoms with van der Waals surface area (Å²) in [5.41, 5.74) is -0.655. The van der Waals surface area contributed by atoms with Crippen molar-refractivity contribution in [1.82, 2.24) is 0 Å². The number of carbonyl (C=O) groups excluding carboxylic acids is 1. The van der Waals surface area contributed by atoms with Crippen LogP contribution in [0, 0.1) is 0 Å². The lowest BCUT2D eigenvalue weighted by atomic mass is 9.87. The third-order valence-corrected chi connectivity index (χ3v) is 2.25. The van der Waals surface area contributed by atoms with Crippen LogP contribution in [-0.2, 0) is 14.9 Å². The number of aliphatic carboxylic acids is 1. The SMILES string of the molecule is COC(=O)c1ccc(C(C)(C)CC(=O)O)o1. The van der Waals surface area contributed by atoms with E-state index in [1.807, 2.05) is 0 Å². The molecule has 0 atom stereocenters. The number of hydrogen-bond acceptors (Lipinski definition) is 4. The van der Waals surface area contributed by atoms with Crippen molar-refractivity contribution in [3.63, 3.8) is 0 Å². The van der Waals surface area contributed by atoms with Gasteiger partial charge in [-0.2, -0.15) is 0 Å². The van der Waals surface area contributed by atoms with Crippen molar-refractivity contribution in [3.05, 3.63) is 23.7 Å². The van der Waals surface area contributed by atoms with Gasteiger partial charge in [-0.3, -0.25) is 4.79 Å². The Morgan fingerprint density at radius 2 is 2.06 bits per heavy atom. The van der Waals surface area contributed by atoms with Crippen LogP contribution in [0.4, 0.5) is 0 Å². The van der Waals surface area contributed by atoms with Gasteiger partial charge in [-0.25, -0.2) is 4.79 Å². The molecule has 0 saturated carbocycles. The van der Waals surface area contributed by atoms with Gasteiger partial charge in [0.2, 0.25) is 5.76 Å². The zero-order chi connectivity index (χ0) is 12.3. The number of carbonyl (C=O) groups is 2. The molecule has 0 aromatic carbocycles. The third kappa shape index (κ3) is 2.62. The van der Waals surface area contributed by atoms with Crippen LogP contribution < -0.4 is 0 Å². The van der Waals surface area contributed by atoms with Crippen LogP contribution in [-0.4, -0.2) is 24.2 Å². The molecule has 16 heavy (non-hydrogen) atoms. The number of carboxylic acid groups (broad SMARTS) is 1. The first-order chi connectivity index (χ1) is 7.36. The van der Waals surface area contributed by atoms with Crippen molar-refractivity contribution in [2.24, 2.45) is 0 Å². The maximum absolute atomic E-state index is 11.1. The molecule has 0 amide bonds. The third-order valence-electron chi connectivity index (χ3n) is 2.25. The summed E-state index contributed by atoms with van der Waals surface area (Å²) in [6.07, 6.45) is -0.0683. The molecule has 0 aliphatic carbocycles. The van der Waals surface area contributed by atoms with Crippen molar-refractivity contribution in [2.45, 2.75) is 25.7 Å². The maximum Gasteiger partial charge on any atom is 0.373 e. The first kappa shape index (κ1) is 12.3. The number of carboxylic acids is 1. The highest BCUT2D eigenvalue weighted by Gasteiger charge is 2.28. The molecule has 0 radical (unpaired) electrons. The molecular formula is C11H14O5. The average Bonchev–Trinajstić information content (AvgIpc) is 2.63. The van der Waals surface area contributed by atoms with Crippen LogP contribution in [0.15, 0.2) is 16.5 Å². The van der Waals surface area contributed by atoms with Crippen molar-refractivity contribution in [2.75, 3.05) is 7.11 Å². The van der Waals surface area contributed by atoms with Gasteiger partial charge in [-0.1, -0.05) is 13.8 Å². The van der Waals surface area contributed by atoms with E-state index in [1.165, 1.54) is 13.2 Å². The summed E-state index contributed by atoms with van der Waals surface area (Å²) in [4.78, 5) is 21.8. The quantitative estimate of drug-likeness (QED) is 0.792. The van der Waals surface area contributed by atoms with E-state index in [0.717, 1.165) is 0 Å². The second-order valence-corrected chi connectivity index (χ2v) is 4.11. The molecule has 0 fully saturated rings. The van der Waals surface area contributed by atoms with Gasteiger partial charge in [-0.15, -0.1) is 0 Å². The van der Waals surface area contributed by atoms with Gasteiger partial charge in [0.1, 0.15) is 5.76 Å². The standard InChI is InChI=1S/C11H14O5/c1-11(2,6-9(12)13)8-5-4-7(16-8)10(14)15-3/h4-5H,6H2,1-3H3,(H,12,13). The molecule has 1 heterocycles. The molecule has 0 spiro atoms. The number of esters is 1. The topological polar surface area (TPSA) is 76.7 Å². The monoisotopic (exact) mass is 226 g/mol. The molecular weight excluding hydrogens is 212 g/mol. The fraction of sp³-hybridized carbons (Fsp3) is 0.455. The summed E-state index contributed by atoms with van der Waals surface area (Å²) in [7, 11) is 1.26. The Kier molecular flexibility index (Phi) is 3.37. The highest BCUT2D eigenvalue weighted by molar-refractivity contribution is 5.86. The zero-order valence-corrected chi connectivity index (χ0v) is 9.44. The summed E-state index contributed by atoms with van der Waals surface area (Å²) >= 11 is 0. The number of ether oxygens (including phenoxy) is 1. The average molecular weight is 226 g/mol. The summed E-state index contributed by atoms with van der Waals surface area (Å²) in [5, 5.41) is 8.74. The highest BCUT2D eigenvalue weighted by atomic mass is 16.5. The lowest BCUT2D eigenvalue weighted by Gasteiger charge is -2.18. The number of furan rings is 1. The minimum absolute atomic E-state index is 0.0683. The molecule has 1 aromatic heterocycles. The molecule has 0 bridgehead atoms. The number of methoxy groups -OCH3 is 1. The number of rotatable bonds is 4. The molecule has 0 unspecified atom stereocenters. The highest BCUT2D eigenvalue weighted by Crippen LogP contribution is 2.28. The molecule has 1 N–H and O–H groups in total. The van der Waals surface area contributed by atoms with Crippen molar-refractivity contribution >= 4 is 11.9 Å². The van der Waals surface area contributed by atoms with Crippen LogP contribution in [0.25, 0.3) is 0 Å². The van der Waals surface area contributed by atoms with E-state index < -0.39 is 17.4 Å². The van der Waals surface area contributed by atoms with Crippen molar-refractivity contribution in [3.8, 4) is 0 Å².